The van der Waals surface area contributed by atoms with Crippen molar-refractivity contribution in [1.29, 1.82) is 0 Å². The first-order valence-electron chi connectivity index (χ1n) is 7.46. The maximum atomic E-state index is 2.48. The van der Waals surface area contributed by atoms with Crippen LogP contribution in [-0.2, 0) is 0 Å². The van der Waals surface area contributed by atoms with Crippen molar-refractivity contribution in [2.24, 2.45) is 5.92 Å². The molecule has 1 saturated carbocycles. The quantitative estimate of drug-likeness (QED) is 0.565. The number of hydrogen-bond acceptors (Lipinski definition) is 0. The predicted molar refractivity (Wildman–Crippen MR) is 90.6 cm³/mol. The maximum Gasteiger partial charge on any atom is 0.00901 e. The van der Waals surface area contributed by atoms with Gasteiger partial charge in [-0.3, -0.25) is 0 Å². The first-order valence-corrected chi connectivity index (χ1v) is 8.54. The van der Waals surface area contributed by atoms with Crippen molar-refractivity contribution in [2.75, 3.05) is 0 Å². The highest BCUT2D eigenvalue weighted by atomic mass is 127. The molecule has 1 atom stereocenters. The molecule has 2 aliphatic rings. The zero-order chi connectivity index (χ0) is 13.1. The zero-order valence-corrected chi connectivity index (χ0v) is 13.5. The molecule has 0 amide bonds. The maximum absolute atomic E-state index is 2.48. The van der Waals surface area contributed by atoms with Crippen LogP contribution in [0.25, 0.3) is 0 Å². The number of allylic oxidation sites excluding steroid dienone is 4. The van der Waals surface area contributed by atoms with Crippen LogP contribution in [0.4, 0.5) is 0 Å². The third-order valence-electron chi connectivity index (χ3n) is 4.53. The summed E-state index contributed by atoms with van der Waals surface area (Å²) in [6, 6.07) is 11.1. The predicted octanol–water partition coefficient (Wildman–Crippen LogP) is 6.00. The van der Waals surface area contributed by atoms with Gasteiger partial charge < -0.3 is 0 Å². The first kappa shape index (κ1) is 13.4. The molecule has 0 aromatic heterocycles. The molecule has 2 aliphatic carbocycles. The van der Waals surface area contributed by atoms with Crippen molar-refractivity contribution >= 4 is 22.6 Å². The van der Waals surface area contributed by atoms with Gasteiger partial charge in [0.25, 0.3) is 0 Å². The molecule has 0 heterocycles. The SMILES string of the molecule is IC1=CCC(c2ccccc2)C(C2CCCCC2)=C1. The van der Waals surface area contributed by atoms with Crippen LogP contribution in [0.15, 0.2) is 51.6 Å². The molecule has 100 valence electrons. The highest BCUT2D eigenvalue weighted by Crippen LogP contribution is 2.43. The Labute approximate surface area is 130 Å². The number of benzene rings is 1. The van der Waals surface area contributed by atoms with E-state index >= 15 is 0 Å². The Bertz CT molecular complexity index is 478. The summed E-state index contributed by atoms with van der Waals surface area (Å²) in [5.74, 6) is 1.46. The molecule has 1 fully saturated rings. The van der Waals surface area contributed by atoms with Crippen LogP contribution in [0.5, 0.6) is 0 Å². The van der Waals surface area contributed by atoms with Crippen LogP contribution in [0, 0.1) is 5.92 Å². The topological polar surface area (TPSA) is 0 Å². The van der Waals surface area contributed by atoms with Gasteiger partial charge in [0, 0.05) is 9.50 Å². The Kier molecular flexibility index (Phi) is 4.42. The molecule has 0 spiro atoms. The van der Waals surface area contributed by atoms with Gasteiger partial charge in [-0.1, -0.05) is 61.2 Å². The molecule has 1 heteroatoms. The minimum absolute atomic E-state index is 0.628. The van der Waals surface area contributed by atoms with Gasteiger partial charge in [-0.2, -0.15) is 0 Å². The zero-order valence-electron chi connectivity index (χ0n) is 11.3. The van der Waals surface area contributed by atoms with Gasteiger partial charge in [0.05, 0.1) is 0 Å². The third kappa shape index (κ3) is 3.13. The molecule has 1 aromatic carbocycles. The Morgan fingerprint density at radius 3 is 2.42 bits per heavy atom. The molecule has 0 saturated heterocycles. The summed E-state index contributed by atoms with van der Waals surface area (Å²) in [6.45, 7) is 0. The molecule has 0 aliphatic heterocycles. The van der Waals surface area contributed by atoms with Crippen LogP contribution < -0.4 is 0 Å². The van der Waals surface area contributed by atoms with E-state index in [9.17, 15) is 0 Å². The third-order valence-corrected chi connectivity index (χ3v) is 5.29. The minimum atomic E-state index is 0.628. The molecule has 19 heavy (non-hydrogen) atoms. The van der Waals surface area contributed by atoms with E-state index in [1.807, 2.05) is 0 Å². The van der Waals surface area contributed by atoms with E-state index in [2.05, 4.69) is 65.1 Å². The van der Waals surface area contributed by atoms with Crippen molar-refractivity contribution < 1.29 is 0 Å². The van der Waals surface area contributed by atoms with Gasteiger partial charge in [0.15, 0.2) is 0 Å². The smallest absolute Gasteiger partial charge is 0.00901 e. The molecular formula is C18H21I. The molecule has 1 aromatic rings. The van der Waals surface area contributed by atoms with Crippen molar-refractivity contribution in [1.82, 2.24) is 0 Å². The highest BCUT2D eigenvalue weighted by molar-refractivity contribution is 14.1. The highest BCUT2D eigenvalue weighted by Gasteiger charge is 2.26. The van der Waals surface area contributed by atoms with Gasteiger partial charge in [-0.15, -0.1) is 0 Å². The van der Waals surface area contributed by atoms with Crippen molar-refractivity contribution in [3.63, 3.8) is 0 Å². The fraction of sp³-hybridized carbons (Fsp3) is 0.444. The van der Waals surface area contributed by atoms with E-state index in [1.165, 1.54) is 47.7 Å². The van der Waals surface area contributed by atoms with Crippen LogP contribution in [0.2, 0.25) is 0 Å². The summed E-state index contributed by atoms with van der Waals surface area (Å²) in [4.78, 5) is 0. The average molecular weight is 364 g/mol. The van der Waals surface area contributed by atoms with Gasteiger partial charge >= 0.3 is 0 Å². The summed E-state index contributed by atoms with van der Waals surface area (Å²) in [5.41, 5.74) is 3.21. The molecule has 3 rings (SSSR count). The fourth-order valence-corrected chi connectivity index (χ4v) is 4.15. The minimum Gasteiger partial charge on any atom is -0.0702 e. The normalized spacial score (nSPS) is 24.8. The molecule has 1 unspecified atom stereocenters. The molecule has 0 radical (unpaired) electrons. The summed E-state index contributed by atoms with van der Waals surface area (Å²) >= 11 is 2.48. The van der Waals surface area contributed by atoms with Gasteiger partial charge in [-0.25, -0.2) is 0 Å². The van der Waals surface area contributed by atoms with Crippen molar-refractivity contribution in [2.45, 2.75) is 44.4 Å². The van der Waals surface area contributed by atoms with Crippen molar-refractivity contribution in [3.8, 4) is 0 Å². The number of rotatable bonds is 2. The Hall–Kier alpha value is -0.570. The molecule has 0 N–H and O–H groups in total. The lowest BCUT2D eigenvalue weighted by Crippen LogP contribution is -2.17. The second-order valence-electron chi connectivity index (χ2n) is 5.77. The Morgan fingerprint density at radius 2 is 1.68 bits per heavy atom. The summed E-state index contributed by atoms with van der Waals surface area (Å²) in [5, 5.41) is 0. The fourth-order valence-electron chi connectivity index (χ4n) is 3.54. The van der Waals surface area contributed by atoms with Gasteiger partial charge in [0.2, 0.25) is 0 Å². The lowest BCUT2D eigenvalue weighted by Gasteiger charge is -2.32. The van der Waals surface area contributed by atoms with E-state index in [-0.39, 0.29) is 0 Å². The summed E-state index contributed by atoms with van der Waals surface area (Å²) in [7, 11) is 0. The summed E-state index contributed by atoms with van der Waals surface area (Å²) < 4.78 is 1.44. The second-order valence-corrected chi connectivity index (χ2v) is 7.01. The van der Waals surface area contributed by atoms with E-state index < -0.39 is 0 Å². The van der Waals surface area contributed by atoms with Gasteiger partial charge in [0.1, 0.15) is 0 Å². The van der Waals surface area contributed by atoms with E-state index in [0.717, 1.165) is 5.92 Å². The van der Waals surface area contributed by atoms with Crippen molar-refractivity contribution in [3.05, 3.63) is 57.2 Å². The standard InChI is InChI=1S/C18H21I/c19-16-11-12-17(14-7-3-1-4-8-14)18(13-16)15-9-5-2-6-10-15/h1,3-4,7-8,11,13,15,17H,2,5-6,9-10,12H2. The molecular weight excluding hydrogens is 343 g/mol. The van der Waals surface area contributed by atoms with Crippen LogP contribution in [-0.4, -0.2) is 0 Å². The molecule has 0 bridgehead atoms. The van der Waals surface area contributed by atoms with E-state index in [4.69, 9.17) is 0 Å². The van der Waals surface area contributed by atoms with Crippen LogP contribution in [0.1, 0.15) is 50.0 Å². The van der Waals surface area contributed by atoms with Gasteiger partial charge in [-0.05, 0) is 59.4 Å². The monoisotopic (exact) mass is 364 g/mol. The number of hydrogen-bond donors (Lipinski definition) is 0. The summed E-state index contributed by atoms with van der Waals surface area (Å²) in [6.07, 6.45) is 13.1. The van der Waals surface area contributed by atoms with E-state index in [1.54, 1.807) is 5.57 Å². The van der Waals surface area contributed by atoms with Crippen LogP contribution in [0.3, 0.4) is 0 Å². The lowest BCUT2D eigenvalue weighted by molar-refractivity contribution is 0.386. The average Bonchev–Trinajstić information content (AvgIpc) is 2.49. The Balaban J connectivity index is 1.89. The largest absolute Gasteiger partial charge is 0.0702 e. The number of halogens is 1. The Morgan fingerprint density at radius 1 is 0.947 bits per heavy atom. The second kappa shape index (κ2) is 6.25. The van der Waals surface area contributed by atoms with E-state index in [0.29, 0.717) is 5.92 Å². The lowest BCUT2D eigenvalue weighted by atomic mass is 9.74. The first-order chi connectivity index (χ1) is 9.34. The molecule has 0 nitrogen and oxygen atoms in total. The van der Waals surface area contributed by atoms with Crippen LogP contribution >= 0.6 is 22.6 Å².